The number of benzene rings is 2. The van der Waals surface area contributed by atoms with Crippen molar-refractivity contribution in [2.75, 3.05) is 4.72 Å². The lowest BCUT2D eigenvalue weighted by Gasteiger charge is -2.09. The highest BCUT2D eigenvalue weighted by molar-refractivity contribution is 7.92. The van der Waals surface area contributed by atoms with Crippen molar-refractivity contribution >= 4 is 26.8 Å². The molecule has 0 aliphatic carbocycles. The van der Waals surface area contributed by atoms with Crippen LogP contribution in [0.4, 0.5) is 5.69 Å². The monoisotopic (exact) mass is 384 g/mol. The highest BCUT2D eigenvalue weighted by atomic mass is 32.2. The zero-order chi connectivity index (χ0) is 19.0. The summed E-state index contributed by atoms with van der Waals surface area (Å²) in [7, 11) is -2.27. The molecule has 8 nitrogen and oxygen atoms in total. The summed E-state index contributed by atoms with van der Waals surface area (Å²) >= 11 is 0. The number of imidazole rings is 1. The molecule has 0 saturated heterocycles. The van der Waals surface area contributed by atoms with Gasteiger partial charge in [0.2, 0.25) is 0 Å². The summed E-state index contributed by atoms with van der Waals surface area (Å²) in [6.07, 6.45) is 5.28. The van der Waals surface area contributed by atoms with E-state index in [1.807, 2.05) is 22.9 Å². The lowest BCUT2D eigenvalue weighted by atomic mass is 10.2. The van der Waals surface area contributed by atoms with Crippen molar-refractivity contribution in [1.29, 1.82) is 0 Å². The number of aryl methyl sites for hydroxylation is 1. The van der Waals surface area contributed by atoms with Gasteiger partial charge in [0.05, 0.1) is 16.7 Å². The lowest BCUT2D eigenvalue weighted by Crippen LogP contribution is -2.13. The molecule has 0 fully saturated rings. The van der Waals surface area contributed by atoms with Gasteiger partial charge >= 0.3 is 5.76 Å². The molecule has 2 aromatic carbocycles. The zero-order valence-electron chi connectivity index (χ0n) is 14.4. The number of sulfonamides is 1. The molecule has 0 amide bonds. The van der Waals surface area contributed by atoms with E-state index in [9.17, 15) is 13.2 Å². The maximum Gasteiger partial charge on any atom is 0.419 e. The van der Waals surface area contributed by atoms with Gasteiger partial charge in [-0.15, -0.1) is 0 Å². The normalized spacial score (nSPS) is 11.7. The molecule has 0 bridgehead atoms. The Kier molecular flexibility index (Phi) is 4.08. The predicted molar refractivity (Wildman–Crippen MR) is 100 cm³/mol. The Hall–Kier alpha value is -3.33. The van der Waals surface area contributed by atoms with Gasteiger partial charge in [-0.1, -0.05) is 12.1 Å². The Morgan fingerprint density at radius 1 is 1.15 bits per heavy atom. The number of hydrogen-bond donors (Lipinski definition) is 1. The van der Waals surface area contributed by atoms with Crippen LogP contribution in [-0.2, 0) is 23.6 Å². The van der Waals surface area contributed by atoms with Crippen molar-refractivity contribution in [3.63, 3.8) is 0 Å². The quantitative estimate of drug-likeness (QED) is 0.569. The van der Waals surface area contributed by atoms with Crippen LogP contribution in [-0.4, -0.2) is 22.5 Å². The van der Waals surface area contributed by atoms with Crippen molar-refractivity contribution in [3.8, 4) is 0 Å². The molecule has 0 atom stereocenters. The Labute approximate surface area is 154 Å². The second-order valence-electron chi connectivity index (χ2n) is 6.09. The highest BCUT2D eigenvalue weighted by Crippen LogP contribution is 2.21. The summed E-state index contributed by atoms with van der Waals surface area (Å²) in [5.74, 6) is -0.541. The molecule has 27 heavy (non-hydrogen) atoms. The van der Waals surface area contributed by atoms with E-state index in [1.165, 1.54) is 29.8 Å². The molecule has 9 heteroatoms. The van der Waals surface area contributed by atoms with E-state index in [4.69, 9.17) is 4.42 Å². The van der Waals surface area contributed by atoms with Crippen LogP contribution in [0.5, 0.6) is 0 Å². The van der Waals surface area contributed by atoms with E-state index in [-0.39, 0.29) is 4.90 Å². The lowest BCUT2D eigenvalue weighted by molar-refractivity contribution is 0.528. The van der Waals surface area contributed by atoms with E-state index < -0.39 is 15.8 Å². The molecule has 4 rings (SSSR count). The number of aromatic nitrogens is 3. The van der Waals surface area contributed by atoms with Crippen LogP contribution in [0.2, 0.25) is 0 Å². The van der Waals surface area contributed by atoms with Gasteiger partial charge in [0.25, 0.3) is 10.0 Å². The predicted octanol–water partition coefficient (Wildman–Crippen LogP) is 2.18. The topological polar surface area (TPSA) is 99.1 Å². The number of nitrogens with zero attached hydrogens (tertiary/aromatic N) is 3. The van der Waals surface area contributed by atoms with Gasteiger partial charge in [0.15, 0.2) is 5.58 Å². The molecule has 0 radical (unpaired) electrons. The average Bonchev–Trinajstić information content (AvgIpc) is 3.25. The Morgan fingerprint density at radius 3 is 2.63 bits per heavy atom. The number of anilines is 1. The fourth-order valence-electron chi connectivity index (χ4n) is 2.76. The summed E-state index contributed by atoms with van der Waals surface area (Å²) < 4.78 is 36.1. The van der Waals surface area contributed by atoms with E-state index in [2.05, 4.69) is 9.71 Å². The molecule has 0 aliphatic rings. The Bertz CT molecular complexity index is 1250. The van der Waals surface area contributed by atoms with Crippen LogP contribution < -0.4 is 10.5 Å². The SMILES string of the molecule is Cn1c(=O)oc2ccc(S(=O)(=O)Nc3ccc(Cn4ccnc4)cc3)cc21. The summed E-state index contributed by atoms with van der Waals surface area (Å²) in [5, 5.41) is 0. The number of hydrogen-bond acceptors (Lipinski definition) is 5. The zero-order valence-corrected chi connectivity index (χ0v) is 15.2. The van der Waals surface area contributed by atoms with Crippen LogP contribution in [0, 0.1) is 0 Å². The number of rotatable bonds is 5. The highest BCUT2D eigenvalue weighted by Gasteiger charge is 2.17. The molecule has 0 spiro atoms. The first kappa shape index (κ1) is 17.1. The van der Waals surface area contributed by atoms with E-state index in [0.29, 0.717) is 23.3 Å². The number of nitrogens with one attached hydrogen (secondary N) is 1. The summed E-state index contributed by atoms with van der Waals surface area (Å²) in [5.41, 5.74) is 2.22. The first-order valence-electron chi connectivity index (χ1n) is 8.09. The minimum atomic E-state index is -3.80. The van der Waals surface area contributed by atoms with Crippen molar-refractivity contribution < 1.29 is 12.8 Å². The number of fused-ring (bicyclic) bond motifs is 1. The summed E-state index contributed by atoms with van der Waals surface area (Å²) in [4.78, 5) is 15.6. The van der Waals surface area contributed by atoms with Crippen LogP contribution in [0.15, 0.2) is 75.3 Å². The first-order valence-corrected chi connectivity index (χ1v) is 9.58. The third-order valence-electron chi connectivity index (χ3n) is 4.20. The van der Waals surface area contributed by atoms with Crippen molar-refractivity contribution in [3.05, 3.63) is 77.3 Å². The minimum Gasteiger partial charge on any atom is -0.408 e. The fourth-order valence-corrected chi connectivity index (χ4v) is 3.84. The van der Waals surface area contributed by atoms with E-state index in [1.54, 1.807) is 24.7 Å². The van der Waals surface area contributed by atoms with Crippen LogP contribution >= 0.6 is 0 Å². The standard InChI is InChI=1S/C18H16N4O4S/c1-21-16-10-15(6-7-17(16)26-18(21)23)27(24,25)20-14-4-2-13(3-5-14)11-22-9-8-19-12-22/h2-10,12,20H,11H2,1H3. The average molecular weight is 384 g/mol. The fraction of sp³-hybridized carbons (Fsp3) is 0.111. The maximum atomic E-state index is 12.7. The third kappa shape index (κ3) is 3.36. The third-order valence-corrected chi connectivity index (χ3v) is 5.58. The van der Waals surface area contributed by atoms with E-state index in [0.717, 1.165) is 5.56 Å². The Balaban J connectivity index is 1.57. The minimum absolute atomic E-state index is 0.0499. The van der Waals surface area contributed by atoms with Crippen LogP contribution in [0.25, 0.3) is 11.1 Å². The smallest absolute Gasteiger partial charge is 0.408 e. The molecule has 2 aromatic heterocycles. The molecule has 4 aromatic rings. The molecule has 1 N–H and O–H groups in total. The second kappa shape index (κ2) is 6.44. The first-order chi connectivity index (χ1) is 12.9. The van der Waals surface area contributed by atoms with Gasteiger partial charge in [-0.25, -0.2) is 18.2 Å². The van der Waals surface area contributed by atoms with Crippen LogP contribution in [0.1, 0.15) is 5.56 Å². The number of oxazole rings is 1. The molecule has 0 unspecified atom stereocenters. The molecular weight excluding hydrogens is 368 g/mol. The van der Waals surface area contributed by atoms with Gasteiger partial charge in [-0.3, -0.25) is 9.29 Å². The van der Waals surface area contributed by atoms with E-state index >= 15 is 0 Å². The van der Waals surface area contributed by atoms with Gasteiger partial charge in [-0.05, 0) is 35.9 Å². The van der Waals surface area contributed by atoms with Gasteiger partial charge in [0.1, 0.15) is 0 Å². The summed E-state index contributed by atoms with van der Waals surface area (Å²) in [6.45, 7) is 0.651. The molecule has 0 aliphatic heterocycles. The van der Waals surface area contributed by atoms with Gasteiger partial charge in [-0.2, -0.15) is 0 Å². The molecule has 2 heterocycles. The van der Waals surface area contributed by atoms with Crippen LogP contribution in [0.3, 0.4) is 0 Å². The van der Waals surface area contributed by atoms with Gasteiger partial charge in [0, 0.05) is 31.7 Å². The maximum absolute atomic E-state index is 12.7. The van der Waals surface area contributed by atoms with Gasteiger partial charge < -0.3 is 8.98 Å². The molecule has 0 saturated carbocycles. The van der Waals surface area contributed by atoms with Crippen molar-refractivity contribution in [1.82, 2.24) is 14.1 Å². The molecular formula is C18H16N4O4S. The molecule has 138 valence electrons. The Morgan fingerprint density at radius 2 is 1.93 bits per heavy atom. The second-order valence-corrected chi connectivity index (χ2v) is 7.78. The summed E-state index contributed by atoms with van der Waals surface area (Å²) in [6, 6.07) is 11.4. The van der Waals surface area contributed by atoms with Crippen molar-refractivity contribution in [2.45, 2.75) is 11.4 Å². The largest absolute Gasteiger partial charge is 0.419 e. The van der Waals surface area contributed by atoms with Crippen molar-refractivity contribution in [2.24, 2.45) is 7.05 Å².